The highest BCUT2D eigenvalue weighted by Crippen LogP contribution is 2.29. The van der Waals surface area contributed by atoms with Crippen LogP contribution < -0.4 is 0 Å². The Hall–Kier alpha value is -1.36. The number of rotatable bonds is 5. The second-order valence-corrected chi connectivity index (χ2v) is 7.26. The van der Waals surface area contributed by atoms with Gasteiger partial charge in [0.15, 0.2) is 0 Å². The Morgan fingerprint density at radius 1 is 1.41 bits per heavy atom. The molecule has 1 fully saturated rings. The van der Waals surface area contributed by atoms with E-state index >= 15 is 0 Å². The first-order valence-corrected chi connectivity index (χ1v) is 8.93. The number of hydrogen-bond acceptors (Lipinski definition) is 3. The molecule has 0 spiro atoms. The van der Waals surface area contributed by atoms with E-state index in [0.717, 1.165) is 24.1 Å². The van der Waals surface area contributed by atoms with E-state index in [2.05, 4.69) is 13.8 Å². The van der Waals surface area contributed by atoms with E-state index in [1.165, 1.54) is 10.4 Å². The normalized spacial score (nSPS) is 21.9. The molecule has 2 rings (SSSR count). The highest BCUT2D eigenvalue weighted by atomic mass is 32.1. The number of aryl methyl sites for hydroxylation is 2. The third-order valence-corrected chi connectivity index (χ3v) is 5.70. The maximum atomic E-state index is 12.7. The largest absolute Gasteiger partial charge is 0.481 e. The van der Waals surface area contributed by atoms with Gasteiger partial charge in [-0.05, 0) is 36.8 Å². The van der Waals surface area contributed by atoms with E-state index in [1.807, 2.05) is 17.9 Å². The van der Waals surface area contributed by atoms with E-state index in [9.17, 15) is 14.7 Å². The van der Waals surface area contributed by atoms with E-state index in [1.54, 1.807) is 11.3 Å². The SMILES string of the molecule is CCCc1sc(C(=O)N2CCC(C(=O)O)C(C)C2)cc1CC. The number of carboxylic acids is 1. The van der Waals surface area contributed by atoms with E-state index in [-0.39, 0.29) is 17.7 Å². The summed E-state index contributed by atoms with van der Waals surface area (Å²) in [5, 5.41) is 9.18. The highest BCUT2D eigenvalue weighted by Gasteiger charge is 2.33. The lowest BCUT2D eigenvalue weighted by molar-refractivity contribution is -0.145. The number of carboxylic acid groups (broad SMARTS) is 1. The van der Waals surface area contributed by atoms with Crippen molar-refractivity contribution in [3.8, 4) is 0 Å². The van der Waals surface area contributed by atoms with Gasteiger partial charge < -0.3 is 10.0 Å². The van der Waals surface area contributed by atoms with Gasteiger partial charge >= 0.3 is 5.97 Å². The number of carbonyl (C=O) groups excluding carboxylic acids is 1. The minimum Gasteiger partial charge on any atom is -0.481 e. The average Bonchev–Trinajstić information content (AvgIpc) is 2.89. The molecular weight excluding hydrogens is 298 g/mol. The molecule has 122 valence electrons. The molecule has 0 radical (unpaired) electrons. The summed E-state index contributed by atoms with van der Waals surface area (Å²) >= 11 is 1.61. The van der Waals surface area contributed by atoms with Crippen LogP contribution in [0.2, 0.25) is 0 Å². The molecule has 2 atom stereocenters. The number of likely N-dealkylation sites (tertiary alicyclic amines) is 1. The molecule has 1 saturated heterocycles. The quantitative estimate of drug-likeness (QED) is 0.903. The Labute approximate surface area is 136 Å². The number of aliphatic carboxylic acids is 1. The lowest BCUT2D eigenvalue weighted by Crippen LogP contribution is -2.44. The van der Waals surface area contributed by atoms with Crippen LogP contribution in [0, 0.1) is 11.8 Å². The number of piperidine rings is 1. The van der Waals surface area contributed by atoms with Crippen LogP contribution in [0.3, 0.4) is 0 Å². The molecular formula is C17H25NO3S. The highest BCUT2D eigenvalue weighted by molar-refractivity contribution is 7.14. The van der Waals surface area contributed by atoms with Crippen LogP contribution in [0.15, 0.2) is 6.07 Å². The van der Waals surface area contributed by atoms with Crippen LogP contribution in [0.4, 0.5) is 0 Å². The van der Waals surface area contributed by atoms with Crippen LogP contribution in [-0.2, 0) is 17.6 Å². The fourth-order valence-electron chi connectivity index (χ4n) is 3.16. The summed E-state index contributed by atoms with van der Waals surface area (Å²) in [6.45, 7) is 7.28. The lowest BCUT2D eigenvalue weighted by atomic mass is 9.87. The predicted octanol–water partition coefficient (Wildman–Crippen LogP) is 3.45. The van der Waals surface area contributed by atoms with Crippen LogP contribution in [0.5, 0.6) is 0 Å². The zero-order valence-electron chi connectivity index (χ0n) is 13.6. The van der Waals surface area contributed by atoms with Gasteiger partial charge in [0.2, 0.25) is 0 Å². The van der Waals surface area contributed by atoms with Crippen molar-refractivity contribution in [1.82, 2.24) is 4.90 Å². The van der Waals surface area contributed by atoms with Gasteiger partial charge in [-0.25, -0.2) is 0 Å². The summed E-state index contributed by atoms with van der Waals surface area (Å²) in [5.74, 6) is -0.989. The van der Waals surface area contributed by atoms with Crippen LogP contribution in [-0.4, -0.2) is 35.0 Å². The first-order valence-electron chi connectivity index (χ1n) is 8.11. The summed E-state index contributed by atoms with van der Waals surface area (Å²) in [6, 6.07) is 2.03. The Morgan fingerprint density at radius 3 is 2.68 bits per heavy atom. The summed E-state index contributed by atoms with van der Waals surface area (Å²) in [7, 11) is 0. The molecule has 2 unspecified atom stereocenters. The second kappa shape index (κ2) is 7.27. The molecule has 2 heterocycles. The van der Waals surface area contributed by atoms with Gasteiger partial charge in [-0.1, -0.05) is 27.2 Å². The molecule has 5 heteroatoms. The van der Waals surface area contributed by atoms with E-state index < -0.39 is 5.97 Å². The van der Waals surface area contributed by atoms with E-state index in [4.69, 9.17) is 0 Å². The number of amides is 1. The van der Waals surface area contributed by atoms with Crippen molar-refractivity contribution >= 4 is 23.2 Å². The molecule has 1 aromatic rings. The monoisotopic (exact) mass is 323 g/mol. The standard InChI is InChI=1S/C17H25NO3S/c1-4-6-14-12(5-2)9-15(22-14)16(19)18-8-7-13(17(20)21)11(3)10-18/h9,11,13H,4-8,10H2,1-3H3,(H,20,21). The van der Waals surface area contributed by atoms with Gasteiger partial charge in [0.1, 0.15) is 0 Å². The topological polar surface area (TPSA) is 57.6 Å². The Balaban J connectivity index is 2.10. The van der Waals surface area contributed by atoms with Crippen molar-refractivity contribution in [3.63, 3.8) is 0 Å². The van der Waals surface area contributed by atoms with Gasteiger partial charge in [0.25, 0.3) is 5.91 Å². The maximum absolute atomic E-state index is 12.7. The van der Waals surface area contributed by atoms with Gasteiger partial charge in [-0.2, -0.15) is 0 Å². The van der Waals surface area contributed by atoms with Crippen molar-refractivity contribution in [3.05, 3.63) is 21.4 Å². The summed E-state index contributed by atoms with van der Waals surface area (Å²) in [4.78, 5) is 27.8. The van der Waals surface area contributed by atoms with Crippen LogP contribution in [0.1, 0.15) is 53.7 Å². The van der Waals surface area contributed by atoms with Crippen LogP contribution >= 0.6 is 11.3 Å². The molecule has 1 aliphatic rings. The van der Waals surface area contributed by atoms with Crippen molar-refractivity contribution in [2.75, 3.05) is 13.1 Å². The fraction of sp³-hybridized carbons (Fsp3) is 0.647. The average molecular weight is 323 g/mol. The molecule has 4 nitrogen and oxygen atoms in total. The molecule has 0 saturated carbocycles. The minimum atomic E-state index is -0.741. The first kappa shape index (κ1) is 17.0. The zero-order chi connectivity index (χ0) is 16.3. The fourth-order valence-corrected chi connectivity index (χ4v) is 4.49. The number of hydrogen-bond donors (Lipinski definition) is 1. The van der Waals surface area contributed by atoms with Gasteiger partial charge in [0.05, 0.1) is 10.8 Å². The number of carbonyl (C=O) groups is 2. The van der Waals surface area contributed by atoms with Gasteiger partial charge in [-0.3, -0.25) is 9.59 Å². The van der Waals surface area contributed by atoms with Crippen LogP contribution in [0.25, 0.3) is 0 Å². The molecule has 1 aliphatic heterocycles. The van der Waals surface area contributed by atoms with Gasteiger partial charge in [-0.15, -0.1) is 11.3 Å². The van der Waals surface area contributed by atoms with Crippen molar-refractivity contribution in [2.24, 2.45) is 11.8 Å². The van der Waals surface area contributed by atoms with E-state index in [0.29, 0.717) is 19.5 Å². The second-order valence-electron chi connectivity index (χ2n) is 6.12. The van der Waals surface area contributed by atoms with Gasteiger partial charge in [0, 0.05) is 18.0 Å². The molecule has 0 aliphatic carbocycles. The zero-order valence-corrected chi connectivity index (χ0v) is 14.4. The summed E-state index contributed by atoms with van der Waals surface area (Å²) in [5.41, 5.74) is 1.28. The molecule has 1 N–H and O–H groups in total. The number of thiophene rings is 1. The third-order valence-electron chi connectivity index (χ3n) is 4.48. The molecule has 0 aromatic carbocycles. The Bertz CT molecular complexity index is 552. The lowest BCUT2D eigenvalue weighted by Gasteiger charge is -2.34. The Morgan fingerprint density at radius 2 is 2.14 bits per heavy atom. The third kappa shape index (κ3) is 3.51. The predicted molar refractivity (Wildman–Crippen MR) is 88.5 cm³/mol. The summed E-state index contributed by atoms with van der Waals surface area (Å²) in [6.07, 6.45) is 3.62. The maximum Gasteiger partial charge on any atom is 0.306 e. The molecule has 1 amide bonds. The van der Waals surface area contributed by atoms with Crippen molar-refractivity contribution < 1.29 is 14.7 Å². The first-order chi connectivity index (χ1) is 10.5. The van der Waals surface area contributed by atoms with Crippen molar-refractivity contribution in [2.45, 2.75) is 46.5 Å². The van der Waals surface area contributed by atoms with Crippen molar-refractivity contribution in [1.29, 1.82) is 0 Å². The Kier molecular flexibility index (Phi) is 5.62. The summed E-state index contributed by atoms with van der Waals surface area (Å²) < 4.78 is 0. The minimum absolute atomic E-state index is 0.0101. The molecule has 22 heavy (non-hydrogen) atoms. The number of nitrogens with zero attached hydrogens (tertiary/aromatic N) is 1. The molecule has 1 aromatic heterocycles. The smallest absolute Gasteiger partial charge is 0.306 e. The molecule has 0 bridgehead atoms.